The van der Waals surface area contributed by atoms with Crippen LogP contribution >= 0.6 is 22.9 Å². The first-order valence-corrected chi connectivity index (χ1v) is 8.91. The van der Waals surface area contributed by atoms with E-state index in [0.29, 0.717) is 22.1 Å². The zero-order valence-electron chi connectivity index (χ0n) is 14.0. The molecular weight excluding hydrogens is 454 g/mol. The van der Waals surface area contributed by atoms with Gasteiger partial charge < -0.3 is 17.0 Å². The maximum absolute atomic E-state index is 12.4. The van der Waals surface area contributed by atoms with Crippen molar-refractivity contribution in [2.24, 2.45) is 0 Å². The first kappa shape index (κ1) is 21.0. The second-order valence-corrected chi connectivity index (χ2v) is 7.28. The molecule has 9 heteroatoms. The van der Waals surface area contributed by atoms with E-state index >= 15 is 0 Å². The molecule has 0 aliphatic carbocycles. The number of carbonyl (C=O) groups is 1. The normalized spacial score (nSPS) is 10.3. The van der Waals surface area contributed by atoms with E-state index in [1.807, 2.05) is 12.3 Å². The number of rotatable bonds is 6. The third-order valence-corrected chi connectivity index (χ3v) is 5.01. The Labute approximate surface area is 175 Å². The summed E-state index contributed by atoms with van der Waals surface area (Å²) in [6.45, 7) is 0.124. The van der Waals surface area contributed by atoms with Crippen LogP contribution in [0.3, 0.4) is 0 Å². The molecule has 0 saturated heterocycles. The lowest BCUT2D eigenvalue weighted by molar-refractivity contribution is -0.664. The van der Waals surface area contributed by atoms with Gasteiger partial charge in [-0.3, -0.25) is 20.6 Å². The van der Waals surface area contributed by atoms with Crippen molar-refractivity contribution in [3.05, 3.63) is 85.9 Å². The van der Waals surface area contributed by atoms with Crippen molar-refractivity contribution < 1.29 is 31.3 Å². The van der Waals surface area contributed by atoms with Crippen molar-refractivity contribution in [1.82, 2.24) is 0 Å². The fourth-order valence-electron chi connectivity index (χ4n) is 2.52. The summed E-state index contributed by atoms with van der Waals surface area (Å²) in [5, 5.41) is 12.0. The Morgan fingerprint density at radius 2 is 1.93 bits per heavy atom. The van der Waals surface area contributed by atoms with Gasteiger partial charge in [0.25, 0.3) is 5.69 Å². The van der Waals surface area contributed by atoms with Gasteiger partial charge in [-0.1, -0.05) is 35.1 Å². The Hall–Kier alpha value is -2.29. The molecule has 0 aliphatic heterocycles. The summed E-state index contributed by atoms with van der Waals surface area (Å²) in [7, 11) is 0. The van der Waals surface area contributed by atoms with Crippen LogP contribution in [0.25, 0.3) is 0 Å². The van der Waals surface area contributed by atoms with Crippen molar-refractivity contribution in [3.63, 3.8) is 0 Å². The molecule has 0 saturated carbocycles. The van der Waals surface area contributed by atoms with Gasteiger partial charge in [-0.05, 0) is 29.8 Å². The number of carbonyl (C=O) groups excluding carboxylic acids is 1. The molecule has 1 aromatic heterocycles. The summed E-state index contributed by atoms with van der Waals surface area (Å²) in [6.07, 6.45) is 2.32. The van der Waals surface area contributed by atoms with Crippen LogP contribution in [-0.2, 0) is 13.0 Å². The molecular formula is C18H15BrClN3O3S. The highest BCUT2D eigenvalue weighted by Crippen LogP contribution is 2.21. The summed E-state index contributed by atoms with van der Waals surface area (Å²) in [6, 6.07) is 13.2. The Kier molecular flexibility index (Phi) is 7.06. The number of Topliss-reactive ketones (excluding diaryl/α,β-unsaturated/α-hetero) is 1. The second kappa shape index (κ2) is 9.07. The van der Waals surface area contributed by atoms with Gasteiger partial charge in [0.05, 0.1) is 9.80 Å². The van der Waals surface area contributed by atoms with Crippen LogP contribution in [0.4, 0.5) is 10.8 Å². The zero-order valence-corrected chi connectivity index (χ0v) is 17.1. The van der Waals surface area contributed by atoms with E-state index in [-0.39, 0.29) is 35.0 Å². The lowest BCUT2D eigenvalue weighted by Crippen LogP contribution is -3.00. The SMILES string of the molecule is Nc1sc(Cc2cccc([N+](=O)[O-])c2)c[n+]1CC(=O)c1ccc(Cl)cc1.[Br-]. The number of nitrogen functional groups attached to an aromatic ring is 1. The number of hydrogen-bond donors (Lipinski definition) is 1. The summed E-state index contributed by atoms with van der Waals surface area (Å²) in [4.78, 5) is 23.8. The number of nitrogens with zero attached hydrogens (tertiary/aromatic N) is 2. The van der Waals surface area contributed by atoms with E-state index in [1.54, 1.807) is 41.0 Å². The zero-order chi connectivity index (χ0) is 18.7. The number of thiazole rings is 1. The molecule has 3 rings (SSSR count). The third kappa shape index (κ3) is 5.35. The molecule has 0 atom stereocenters. The van der Waals surface area contributed by atoms with Gasteiger partial charge >= 0.3 is 5.13 Å². The Bertz CT molecular complexity index is 976. The number of benzene rings is 2. The smallest absolute Gasteiger partial charge is 0.332 e. The van der Waals surface area contributed by atoms with Gasteiger partial charge in [0.1, 0.15) is 6.20 Å². The molecule has 0 aliphatic rings. The summed E-state index contributed by atoms with van der Waals surface area (Å²) >= 11 is 7.20. The van der Waals surface area contributed by atoms with E-state index in [4.69, 9.17) is 17.3 Å². The molecule has 2 aromatic carbocycles. The molecule has 0 unspecified atom stereocenters. The fourth-order valence-corrected chi connectivity index (χ4v) is 3.57. The lowest BCUT2D eigenvalue weighted by atomic mass is 10.1. The molecule has 6 nitrogen and oxygen atoms in total. The maximum Gasteiger partial charge on any atom is 0.332 e. The number of anilines is 1. The molecule has 2 N–H and O–H groups in total. The van der Waals surface area contributed by atoms with Crippen molar-refractivity contribution >= 4 is 39.5 Å². The van der Waals surface area contributed by atoms with Gasteiger partial charge in [0.15, 0.2) is 6.54 Å². The molecule has 0 bridgehead atoms. The van der Waals surface area contributed by atoms with Crippen LogP contribution in [-0.4, -0.2) is 10.7 Å². The quantitative estimate of drug-likeness (QED) is 0.249. The lowest BCUT2D eigenvalue weighted by Gasteiger charge is -2.00. The molecule has 3 aromatic rings. The van der Waals surface area contributed by atoms with E-state index in [1.165, 1.54) is 17.4 Å². The topological polar surface area (TPSA) is 90.1 Å². The molecule has 27 heavy (non-hydrogen) atoms. The van der Waals surface area contributed by atoms with Crippen molar-refractivity contribution in [2.45, 2.75) is 13.0 Å². The highest BCUT2D eigenvalue weighted by atomic mass is 79.9. The molecule has 140 valence electrons. The number of aromatic nitrogens is 1. The van der Waals surface area contributed by atoms with Crippen molar-refractivity contribution in [3.8, 4) is 0 Å². The first-order valence-electron chi connectivity index (χ1n) is 7.72. The highest BCUT2D eigenvalue weighted by Gasteiger charge is 2.17. The van der Waals surface area contributed by atoms with Crippen LogP contribution in [0.15, 0.2) is 54.7 Å². The Morgan fingerprint density at radius 1 is 1.22 bits per heavy atom. The highest BCUT2D eigenvalue weighted by molar-refractivity contribution is 7.14. The van der Waals surface area contributed by atoms with E-state index < -0.39 is 4.92 Å². The van der Waals surface area contributed by atoms with E-state index in [9.17, 15) is 14.9 Å². The third-order valence-electron chi connectivity index (χ3n) is 3.80. The predicted octanol–water partition coefficient (Wildman–Crippen LogP) is 0.657. The number of nitro benzene ring substituents is 1. The summed E-state index contributed by atoms with van der Waals surface area (Å²) in [5.74, 6) is -0.0712. The largest absolute Gasteiger partial charge is 1.00 e. The minimum Gasteiger partial charge on any atom is -1.00 e. The van der Waals surface area contributed by atoms with Gasteiger partial charge in [-0.2, -0.15) is 0 Å². The van der Waals surface area contributed by atoms with E-state index in [0.717, 1.165) is 10.4 Å². The van der Waals surface area contributed by atoms with Gasteiger partial charge in [0.2, 0.25) is 5.78 Å². The molecule has 0 amide bonds. The van der Waals surface area contributed by atoms with Crippen LogP contribution in [0.5, 0.6) is 0 Å². The van der Waals surface area contributed by atoms with Crippen LogP contribution in [0.2, 0.25) is 5.02 Å². The number of nitrogens with two attached hydrogens (primary N) is 1. The van der Waals surface area contributed by atoms with Crippen LogP contribution in [0, 0.1) is 10.1 Å². The van der Waals surface area contributed by atoms with Crippen molar-refractivity contribution in [1.29, 1.82) is 0 Å². The second-order valence-electron chi connectivity index (χ2n) is 5.70. The number of non-ortho nitro benzene ring substituents is 1. The molecule has 0 radical (unpaired) electrons. The molecule has 0 spiro atoms. The minimum absolute atomic E-state index is 0. The minimum atomic E-state index is -0.419. The predicted molar refractivity (Wildman–Crippen MR) is 101 cm³/mol. The first-order chi connectivity index (χ1) is 12.4. The monoisotopic (exact) mass is 467 g/mol. The van der Waals surface area contributed by atoms with Gasteiger partial charge in [-0.15, -0.1) is 0 Å². The summed E-state index contributed by atoms with van der Waals surface area (Å²) < 4.78 is 1.69. The fraction of sp³-hybridized carbons (Fsp3) is 0.111. The average molecular weight is 469 g/mol. The number of ketones is 1. The number of nitro groups is 1. The molecule has 0 fully saturated rings. The van der Waals surface area contributed by atoms with E-state index in [2.05, 4.69) is 0 Å². The Morgan fingerprint density at radius 3 is 2.59 bits per heavy atom. The van der Waals surface area contributed by atoms with Crippen LogP contribution in [0.1, 0.15) is 20.8 Å². The number of halogens is 2. The molecule has 1 heterocycles. The average Bonchev–Trinajstić information content (AvgIpc) is 2.94. The van der Waals surface area contributed by atoms with Crippen molar-refractivity contribution in [2.75, 3.05) is 5.73 Å². The number of hydrogen-bond acceptors (Lipinski definition) is 5. The Balaban J connectivity index is 0.00000261. The van der Waals surface area contributed by atoms with Gasteiger partial charge in [0, 0.05) is 29.1 Å². The van der Waals surface area contributed by atoms with Gasteiger partial charge in [-0.25, -0.2) is 4.57 Å². The van der Waals surface area contributed by atoms with Crippen LogP contribution < -0.4 is 27.3 Å². The maximum atomic E-state index is 12.4. The summed E-state index contributed by atoms with van der Waals surface area (Å²) in [5.41, 5.74) is 7.46. The standard InChI is InChI=1S/C18H14ClN3O3S.BrH/c19-14-6-4-13(5-7-14)17(23)11-21-10-16(26-18(21)20)9-12-2-1-3-15(8-12)22(24)25;/h1-8,10,20H,9,11H2;1H.